The molecule has 0 N–H and O–H groups in total. The quantitative estimate of drug-likeness (QED) is 0.129. The molecule has 0 aliphatic carbocycles. The van der Waals surface area contributed by atoms with Gasteiger partial charge in [0, 0.05) is 36.3 Å². The molecule has 5 rings (SSSR count). The third kappa shape index (κ3) is 6.40. The monoisotopic (exact) mass is 655 g/mol. The van der Waals surface area contributed by atoms with Gasteiger partial charge in [0.25, 0.3) is 0 Å². The van der Waals surface area contributed by atoms with Gasteiger partial charge in [-0.2, -0.15) is 10.2 Å². The van der Waals surface area contributed by atoms with Gasteiger partial charge >= 0.3 is 5.69 Å². The van der Waals surface area contributed by atoms with Crippen molar-refractivity contribution < 1.29 is 13.6 Å². The van der Waals surface area contributed by atoms with Crippen molar-refractivity contribution in [1.29, 1.82) is 5.26 Å². The van der Waals surface area contributed by atoms with E-state index in [0.717, 1.165) is 5.56 Å². The van der Waals surface area contributed by atoms with Crippen LogP contribution in [0.15, 0.2) is 71.0 Å². The molecule has 1 aliphatic heterocycles. The second kappa shape index (κ2) is 13.8. The summed E-state index contributed by atoms with van der Waals surface area (Å²) in [6.07, 6.45) is 8.09. The number of carbonyl (C=O) groups is 1. The minimum atomic E-state index is -0.787. The number of halogens is 2. The number of thioether (sulfide) groups is 1. The highest BCUT2D eigenvalue weighted by atomic mass is 32.2. The number of benzene rings is 1. The minimum Gasteiger partial charge on any atom is -0.349 e. The fourth-order valence-corrected chi connectivity index (χ4v) is 6.65. The van der Waals surface area contributed by atoms with Crippen molar-refractivity contribution in [2.24, 2.45) is 5.92 Å². The van der Waals surface area contributed by atoms with Crippen molar-refractivity contribution in [2.45, 2.75) is 51.1 Å². The number of hydrogen-bond donors (Lipinski definition) is 0. The Hall–Kier alpha value is -4.89. The summed E-state index contributed by atoms with van der Waals surface area (Å²) in [6, 6.07) is 8.54. The van der Waals surface area contributed by atoms with Crippen LogP contribution in [0.3, 0.4) is 0 Å². The zero-order valence-electron chi connectivity index (χ0n) is 26.9. The van der Waals surface area contributed by atoms with Crippen LogP contribution in [0.5, 0.6) is 0 Å². The van der Waals surface area contributed by atoms with Crippen LogP contribution in [0, 0.1) is 35.8 Å². The van der Waals surface area contributed by atoms with E-state index in [2.05, 4.69) is 16.5 Å². The molecule has 1 aliphatic rings. The van der Waals surface area contributed by atoms with Gasteiger partial charge in [-0.3, -0.25) is 9.78 Å². The Balaban J connectivity index is 1.85. The van der Waals surface area contributed by atoms with Crippen molar-refractivity contribution >= 4 is 34.5 Å². The maximum atomic E-state index is 16.3. The van der Waals surface area contributed by atoms with E-state index in [-0.39, 0.29) is 59.1 Å². The summed E-state index contributed by atoms with van der Waals surface area (Å²) in [6.45, 7) is 11.8. The summed E-state index contributed by atoms with van der Waals surface area (Å²) in [5, 5.41) is 9.45. The SMILES string of the molecule is C=CC(=O)N1C[C@H](C)N(c2nc(=O)n(-c3c(C)ccnc3CC(C)C)c3nc(-c4c(F)cccc4SC)c(F)cc23)CC1/C=C/C#N. The van der Waals surface area contributed by atoms with E-state index in [1.807, 2.05) is 38.7 Å². The molecule has 47 heavy (non-hydrogen) atoms. The molecule has 0 saturated carbocycles. The number of amides is 1. The van der Waals surface area contributed by atoms with Crippen LogP contribution in [-0.2, 0) is 11.2 Å². The number of aromatic nitrogens is 4. The number of fused-ring (bicyclic) bond motifs is 1. The van der Waals surface area contributed by atoms with Crippen LogP contribution >= 0.6 is 11.8 Å². The molecular formula is C35H35F2N7O2S. The van der Waals surface area contributed by atoms with E-state index in [1.165, 1.54) is 40.6 Å². The molecule has 0 bridgehead atoms. The molecule has 9 nitrogen and oxygen atoms in total. The molecule has 1 unspecified atom stereocenters. The lowest BCUT2D eigenvalue weighted by Gasteiger charge is -2.44. The number of hydrogen-bond acceptors (Lipinski definition) is 8. The van der Waals surface area contributed by atoms with Gasteiger partial charge in [-0.25, -0.2) is 23.1 Å². The number of anilines is 1. The fraction of sp³-hybridized carbons (Fsp3) is 0.314. The van der Waals surface area contributed by atoms with Gasteiger partial charge < -0.3 is 9.80 Å². The van der Waals surface area contributed by atoms with Crippen molar-refractivity contribution in [3.05, 3.63) is 94.7 Å². The molecule has 0 radical (unpaired) electrons. The van der Waals surface area contributed by atoms with Crippen LogP contribution in [-0.4, -0.2) is 61.8 Å². The first-order valence-electron chi connectivity index (χ1n) is 15.2. The van der Waals surface area contributed by atoms with Crippen LogP contribution < -0.4 is 10.6 Å². The predicted molar refractivity (Wildman–Crippen MR) is 181 cm³/mol. The molecule has 12 heteroatoms. The third-order valence-corrected chi connectivity index (χ3v) is 8.94. The molecule has 2 atom stereocenters. The van der Waals surface area contributed by atoms with Crippen molar-refractivity contribution in [3.8, 4) is 23.0 Å². The molecule has 3 aromatic heterocycles. The van der Waals surface area contributed by atoms with Gasteiger partial charge in [-0.15, -0.1) is 11.8 Å². The average Bonchev–Trinajstić information content (AvgIpc) is 3.04. The van der Waals surface area contributed by atoms with E-state index in [9.17, 15) is 14.9 Å². The van der Waals surface area contributed by atoms with E-state index >= 15 is 8.78 Å². The molecule has 1 amide bonds. The van der Waals surface area contributed by atoms with Crippen molar-refractivity contribution in [2.75, 3.05) is 24.2 Å². The summed E-state index contributed by atoms with van der Waals surface area (Å²) in [5.41, 5.74) is 1.06. The highest BCUT2D eigenvalue weighted by molar-refractivity contribution is 7.98. The summed E-state index contributed by atoms with van der Waals surface area (Å²) < 4.78 is 33.0. The van der Waals surface area contributed by atoms with Gasteiger partial charge in [0.2, 0.25) is 5.91 Å². The van der Waals surface area contributed by atoms with Crippen molar-refractivity contribution in [3.63, 3.8) is 0 Å². The average molecular weight is 656 g/mol. The summed E-state index contributed by atoms with van der Waals surface area (Å²) in [4.78, 5) is 44.7. The molecule has 1 saturated heterocycles. The Labute approximate surface area is 276 Å². The van der Waals surface area contributed by atoms with Crippen LogP contribution in [0.2, 0.25) is 0 Å². The van der Waals surface area contributed by atoms with Gasteiger partial charge in [0.1, 0.15) is 17.3 Å². The third-order valence-electron chi connectivity index (χ3n) is 8.16. The van der Waals surface area contributed by atoms with E-state index in [0.29, 0.717) is 22.7 Å². The number of carbonyl (C=O) groups excluding carboxylic acids is 1. The Morgan fingerprint density at radius 3 is 2.66 bits per heavy atom. The lowest BCUT2D eigenvalue weighted by atomic mass is 10.0. The fourth-order valence-electron chi connectivity index (χ4n) is 6.04. The van der Waals surface area contributed by atoms with E-state index in [4.69, 9.17) is 4.98 Å². The summed E-state index contributed by atoms with van der Waals surface area (Å²) in [5.74, 6) is -1.38. The van der Waals surface area contributed by atoms with E-state index < -0.39 is 23.4 Å². The van der Waals surface area contributed by atoms with Crippen LogP contribution in [0.4, 0.5) is 14.6 Å². The molecule has 0 spiro atoms. The molecule has 1 aromatic carbocycles. The Morgan fingerprint density at radius 2 is 1.98 bits per heavy atom. The number of aryl methyl sites for hydroxylation is 1. The number of nitriles is 1. The zero-order valence-corrected chi connectivity index (χ0v) is 27.7. The number of nitrogens with zero attached hydrogens (tertiary/aromatic N) is 7. The van der Waals surface area contributed by atoms with Gasteiger partial charge in [0.05, 0.1) is 34.4 Å². The summed E-state index contributed by atoms with van der Waals surface area (Å²) >= 11 is 1.26. The number of rotatable bonds is 8. The Morgan fingerprint density at radius 1 is 1.21 bits per heavy atom. The Bertz CT molecular complexity index is 2000. The smallest absolute Gasteiger partial charge is 0.349 e. The zero-order chi connectivity index (χ0) is 34.0. The predicted octanol–water partition coefficient (Wildman–Crippen LogP) is 6.02. The molecule has 4 aromatic rings. The van der Waals surface area contributed by atoms with Crippen molar-refractivity contribution in [1.82, 2.24) is 24.4 Å². The van der Waals surface area contributed by atoms with E-state index in [1.54, 1.807) is 41.6 Å². The highest BCUT2D eigenvalue weighted by Gasteiger charge is 2.35. The second-order valence-corrected chi connectivity index (χ2v) is 12.7. The van der Waals surface area contributed by atoms with Crippen LogP contribution in [0.1, 0.15) is 32.0 Å². The lowest BCUT2D eigenvalue weighted by molar-refractivity contribution is -0.128. The first-order valence-corrected chi connectivity index (χ1v) is 16.4. The standard InChI is InChI=1S/C35H35F2N7O2S/c1-7-29(45)43-18-22(5)42(19-23(43)10-9-14-38)33-24-17-26(37)31(30-25(36)11-8-12-28(30)47-6)40-34(24)44(35(46)41-33)32-21(4)13-15-39-27(32)16-20(2)3/h7-13,15,17,20,22-23H,1,16,18-19H2,2-6H3/b10-9+/t22-,23?/m0/s1. The molecule has 242 valence electrons. The minimum absolute atomic E-state index is 0.00583. The second-order valence-electron chi connectivity index (χ2n) is 11.8. The Kier molecular flexibility index (Phi) is 9.86. The molecular weight excluding hydrogens is 620 g/mol. The number of piperazine rings is 1. The number of allylic oxidation sites excluding steroid dienone is 1. The van der Waals surface area contributed by atoms with Gasteiger partial charge in [0.15, 0.2) is 11.5 Å². The highest BCUT2D eigenvalue weighted by Crippen LogP contribution is 2.37. The maximum absolute atomic E-state index is 16.3. The maximum Gasteiger partial charge on any atom is 0.355 e. The normalized spacial score (nSPS) is 16.7. The largest absolute Gasteiger partial charge is 0.355 e. The van der Waals surface area contributed by atoms with Gasteiger partial charge in [-0.05, 0) is 74.4 Å². The first kappa shape index (κ1) is 33.5. The number of pyridine rings is 2. The first-order chi connectivity index (χ1) is 22.5. The summed E-state index contributed by atoms with van der Waals surface area (Å²) in [7, 11) is 0. The van der Waals surface area contributed by atoms with Crippen LogP contribution in [0.25, 0.3) is 28.0 Å². The molecule has 1 fully saturated rings. The molecule has 4 heterocycles. The topological polar surface area (TPSA) is 108 Å². The van der Waals surface area contributed by atoms with Gasteiger partial charge in [-0.1, -0.05) is 26.5 Å². The lowest BCUT2D eigenvalue weighted by Crippen LogP contribution is -2.58.